The number of fused-ring (bicyclic) bond motifs is 3. The van der Waals surface area contributed by atoms with Crippen LogP contribution in [0.25, 0.3) is 10.9 Å². The van der Waals surface area contributed by atoms with E-state index in [-0.39, 0.29) is 11.9 Å². The molecule has 5 heteroatoms. The number of carbonyl (C=O) groups excluding carboxylic acids is 2. The number of ether oxygens (including phenoxy) is 1. The molecule has 0 aliphatic heterocycles. The summed E-state index contributed by atoms with van der Waals surface area (Å²) in [4.78, 5) is 27.5. The van der Waals surface area contributed by atoms with Gasteiger partial charge in [0.15, 0.2) is 0 Å². The molecule has 2 aliphatic rings. The van der Waals surface area contributed by atoms with Crippen LogP contribution >= 0.6 is 0 Å². The molecule has 0 radical (unpaired) electrons. The molecule has 2 bridgehead atoms. The van der Waals surface area contributed by atoms with E-state index in [9.17, 15) is 9.59 Å². The van der Waals surface area contributed by atoms with E-state index in [4.69, 9.17) is 4.74 Å². The molecule has 2 aliphatic carbocycles. The van der Waals surface area contributed by atoms with E-state index in [1.54, 1.807) is 0 Å². The van der Waals surface area contributed by atoms with Crippen molar-refractivity contribution in [2.45, 2.75) is 45.1 Å². The molecule has 2 aromatic rings. The third kappa shape index (κ3) is 3.48. The van der Waals surface area contributed by atoms with E-state index in [0.29, 0.717) is 18.9 Å². The zero-order chi connectivity index (χ0) is 18.1. The first kappa shape index (κ1) is 17.1. The van der Waals surface area contributed by atoms with Crippen LogP contribution in [0.15, 0.2) is 30.5 Å². The Morgan fingerprint density at radius 3 is 2.85 bits per heavy atom. The van der Waals surface area contributed by atoms with E-state index in [0.717, 1.165) is 28.3 Å². The van der Waals surface area contributed by atoms with Crippen molar-refractivity contribution in [2.24, 2.45) is 17.8 Å². The van der Waals surface area contributed by atoms with E-state index in [2.05, 4.69) is 10.3 Å². The minimum atomic E-state index is -0.648. The van der Waals surface area contributed by atoms with Gasteiger partial charge in [-0.05, 0) is 48.6 Å². The van der Waals surface area contributed by atoms with Crippen LogP contribution in [0.1, 0.15) is 38.2 Å². The van der Waals surface area contributed by atoms with Crippen molar-refractivity contribution in [1.29, 1.82) is 0 Å². The zero-order valence-electron chi connectivity index (χ0n) is 15.2. The number of para-hydroxylation sites is 1. The molecule has 0 saturated heterocycles. The second-order valence-corrected chi connectivity index (χ2v) is 7.88. The minimum Gasteiger partial charge on any atom is -0.464 e. The minimum absolute atomic E-state index is 0.216. The molecular formula is C21H26N2O3. The molecule has 0 unspecified atom stereocenters. The number of hydrogen-bond donors (Lipinski definition) is 2. The van der Waals surface area contributed by atoms with E-state index in [1.807, 2.05) is 30.5 Å². The van der Waals surface area contributed by atoms with Crippen molar-refractivity contribution in [2.75, 3.05) is 6.61 Å². The number of hydrogen-bond acceptors (Lipinski definition) is 3. The van der Waals surface area contributed by atoms with Gasteiger partial charge in [0.25, 0.3) is 0 Å². The molecule has 2 saturated carbocycles. The van der Waals surface area contributed by atoms with Crippen LogP contribution in [0.4, 0.5) is 0 Å². The fraction of sp³-hybridized carbons (Fsp3) is 0.524. The van der Waals surface area contributed by atoms with Crippen molar-refractivity contribution in [3.05, 3.63) is 36.0 Å². The summed E-state index contributed by atoms with van der Waals surface area (Å²) >= 11 is 0. The largest absolute Gasteiger partial charge is 0.464 e. The highest BCUT2D eigenvalue weighted by molar-refractivity contribution is 5.86. The first-order valence-corrected chi connectivity index (χ1v) is 9.59. The molecule has 138 valence electrons. The van der Waals surface area contributed by atoms with Gasteiger partial charge in [0, 0.05) is 30.4 Å². The lowest BCUT2D eigenvalue weighted by Crippen LogP contribution is -2.43. The van der Waals surface area contributed by atoms with Crippen LogP contribution in [0.2, 0.25) is 0 Å². The summed E-state index contributed by atoms with van der Waals surface area (Å²) < 4.78 is 5.64. The Balaban J connectivity index is 1.42. The van der Waals surface area contributed by atoms with Crippen molar-refractivity contribution in [3.63, 3.8) is 0 Å². The highest BCUT2D eigenvalue weighted by atomic mass is 16.5. The molecule has 1 aromatic heterocycles. The van der Waals surface area contributed by atoms with Gasteiger partial charge < -0.3 is 15.0 Å². The smallest absolute Gasteiger partial charge is 0.328 e. The van der Waals surface area contributed by atoms with Gasteiger partial charge in [-0.2, -0.15) is 0 Å². The lowest BCUT2D eigenvalue weighted by molar-refractivity contribution is -0.149. The Morgan fingerprint density at radius 1 is 1.27 bits per heavy atom. The van der Waals surface area contributed by atoms with Crippen LogP contribution < -0.4 is 5.32 Å². The molecule has 1 aromatic carbocycles. The Morgan fingerprint density at radius 2 is 2.12 bits per heavy atom. The molecule has 4 atom stereocenters. The zero-order valence-corrected chi connectivity index (χ0v) is 15.2. The van der Waals surface area contributed by atoms with Crippen LogP contribution in [0.5, 0.6) is 0 Å². The fourth-order valence-corrected chi connectivity index (χ4v) is 4.83. The normalized spacial score (nSPS) is 25.3. The van der Waals surface area contributed by atoms with Crippen molar-refractivity contribution in [3.8, 4) is 0 Å². The van der Waals surface area contributed by atoms with Gasteiger partial charge in [-0.3, -0.25) is 4.79 Å². The fourth-order valence-electron chi connectivity index (χ4n) is 4.83. The number of esters is 1. The molecule has 2 N–H and O–H groups in total. The van der Waals surface area contributed by atoms with Gasteiger partial charge in [-0.25, -0.2) is 4.79 Å². The van der Waals surface area contributed by atoms with Gasteiger partial charge in [-0.1, -0.05) is 24.6 Å². The first-order valence-electron chi connectivity index (χ1n) is 9.59. The average Bonchev–Trinajstić information content (AvgIpc) is 3.34. The standard InChI is InChI=1S/C21H26N2O3/c1-13(24)23-20(10-16-11-22-19-5-3-2-4-18(16)19)21(25)26-12-17-9-14-6-7-15(17)8-14/h2-5,11,14-15,17,20,22H,6-10,12H2,1H3,(H,23,24)/t14-,15-,17+,20-/m0/s1. The number of H-pyrrole nitrogens is 1. The average molecular weight is 354 g/mol. The van der Waals surface area contributed by atoms with Crippen LogP contribution in [-0.4, -0.2) is 29.5 Å². The van der Waals surface area contributed by atoms with Gasteiger partial charge in [0.05, 0.1) is 6.61 Å². The summed E-state index contributed by atoms with van der Waals surface area (Å²) in [6, 6.07) is 7.31. The third-order valence-corrected chi connectivity index (χ3v) is 6.09. The number of rotatable bonds is 6. The third-order valence-electron chi connectivity index (χ3n) is 6.09. The molecule has 0 spiro atoms. The monoisotopic (exact) mass is 354 g/mol. The van der Waals surface area contributed by atoms with Crippen molar-refractivity contribution >= 4 is 22.8 Å². The molecule has 1 heterocycles. The number of amides is 1. The van der Waals surface area contributed by atoms with Gasteiger partial charge in [-0.15, -0.1) is 0 Å². The predicted molar refractivity (Wildman–Crippen MR) is 99.5 cm³/mol. The van der Waals surface area contributed by atoms with Crippen molar-refractivity contribution < 1.29 is 14.3 Å². The maximum absolute atomic E-state index is 12.7. The SMILES string of the molecule is CC(=O)N[C@@H](Cc1c[nH]c2ccccc12)C(=O)OC[C@H]1C[C@H]2CC[C@H]1C2. The lowest BCUT2D eigenvalue weighted by atomic mass is 9.89. The van der Waals surface area contributed by atoms with Crippen LogP contribution in [0, 0.1) is 17.8 Å². The second-order valence-electron chi connectivity index (χ2n) is 7.88. The highest BCUT2D eigenvalue weighted by Gasteiger charge is 2.40. The topological polar surface area (TPSA) is 71.2 Å². The molecule has 5 nitrogen and oxygen atoms in total. The molecule has 26 heavy (non-hydrogen) atoms. The Bertz CT molecular complexity index is 812. The number of benzene rings is 1. The van der Waals surface area contributed by atoms with Gasteiger partial charge in [0.2, 0.25) is 5.91 Å². The van der Waals surface area contributed by atoms with Crippen LogP contribution in [-0.2, 0) is 20.7 Å². The summed E-state index contributed by atoms with van der Waals surface area (Å²) in [5, 5.41) is 3.84. The van der Waals surface area contributed by atoms with E-state index < -0.39 is 6.04 Å². The van der Waals surface area contributed by atoms with Gasteiger partial charge in [0.1, 0.15) is 6.04 Å². The summed E-state index contributed by atoms with van der Waals surface area (Å²) in [6.07, 6.45) is 7.43. The first-order chi connectivity index (χ1) is 12.6. The Hall–Kier alpha value is -2.30. The molecule has 2 fully saturated rings. The number of carbonyl (C=O) groups is 2. The quantitative estimate of drug-likeness (QED) is 0.783. The molecular weight excluding hydrogens is 328 g/mol. The number of aromatic amines is 1. The number of aromatic nitrogens is 1. The Labute approximate surface area is 153 Å². The molecule has 4 rings (SSSR count). The number of nitrogens with one attached hydrogen (secondary N) is 2. The van der Waals surface area contributed by atoms with E-state index in [1.165, 1.54) is 32.6 Å². The second kappa shape index (κ2) is 7.14. The summed E-state index contributed by atoms with van der Waals surface area (Å²) in [7, 11) is 0. The maximum atomic E-state index is 12.7. The summed E-state index contributed by atoms with van der Waals surface area (Å²) in [5.41, 5.74) is 2.04. The van der Waals surface area contributed by atoms with Crippen molar-refractivity contribution in [1.82, 2.24) is 10.3 Å². The molecule has 1 amide bonds. The van der Waals surface area contributed by atoms with Crippen LogP contribution in [0.3, 0.4) is 0 Å². The van der Waals surface area contributed by atoms with Gasteiger partial charge >= 0.3 is 5.97 Å². The summed E-state index contributed by atoms with van der Waals surface area (Å²) in [6.45, 7) is 1.93. The van der Waals surface area contributed by atoms with E-state index >= 15 is 0 Å². The lowest BCUT2D eigenvalue weighted by Gasteiger charge is -2.23. The Kier molecular flexibility index (Phi) is 4.70. The predicted octanol–water partition coefficient (Wildman–Crippen LogP) is 3.19. The summed E-state index contributed by atoms with van der Waals surface area (Å²) in [5.74, 6) is 1.52. The highest BCUT2D eigenvalue weighted by Crippen LogP contribution is 2.48. The maximum Gasteiger partial charge on any atom is 0.328 e.